The Morgan fingerprint density at radius 2 is 0.489 bits per heavy atom. The fourth-order valence-corrected chi connectivity index (χ4v) is 13.9. The molecule has 6 aromatic carbocycles. The monoisotopic (exact) mass is 1440 g/mol. The number of hydrogen-bond donors (Lipinski definition) is 0. The first-order chi connectivity index (χ1) is 42.6. The number of alkyl halides is 24. The van der Waals surface area contributed by atoms with Gasteiger partial charge in [-0.2, -0.15) is 127 Å². The van der Waals surface area contributed by atoms with Gasteiger partial charge in [-0.15, -0.1) is 0 Å². The number of rotatable bonds is 10. The van der Waals surface area contributed by atoms with Crippen molar-refractivity contribution in [2.75, 3.05) is 0 Å². The molecule has 492 valence electrons. The number of benzene rings is 6. The highest BCUT2D eigenvalue weighted by atomic mass is 127. The Balaban J connectivity index is 0.000000242. The Morgan fingerprint density at radius 1 is 0.272 bits per heavy atom. The SMILES string of the molecule is FC(F)(F)c1cc([B-](c2cc(C(F)(F)F)cc(C(F)(F)F)c2)(c2cc(C(F)(F)F)cc(C(F)(F)F)c2)c2cc(C(F)(F)F)cc(C(F)(F)F)c2)cc(C(F)(F)F)c1.c1cc(C2CCCCC2)ccc1-c1ccc([I+]c2ccc(-c3ccc(C4CCCCC4)cc3)o2)o1. The maximum absolute atomic E-state index is 14.2. The zero-order valence-corrected chi connectivity index (χ0v) is 49.1. The minimum atomic E-state index is -6.13. The predicted molar refractivity (Wildman–Crippen MR) is 287 cm³/mol. The lowest BCUT2D eigenvalue weighted by Gasteiger charge is -2.46. The molecule has 0 saturated heterocycles. The van der Waals surface area contributed by atoms with Crippen molar-refractivity contribution in [1.82, 2.24) is 0 Å². The molecule has 0 radical (unpaired) electrons. The Morgan fingerprint density at radius 3 is 0.696 bits per heavy atom. The van der Waals surface area contributed by atoms with Gasteiger partial charge in [0.25, 0.3) is 0 Å². The third kappa shape index (κ3) is 16.0. The standard InChI is InChI=1S/C32H12BF24.C32H34IO2/c34-25(35,36)13-1-14(26(37,38)39)6-21(5-13)33(22-7-15(27(40,41)42)2-16(8-22)28(43,44)45,23-9-17(29(46,47)48)3-18(10-23)30(49,50)51)24-11-19(31(52,53)54)4-20(12-24)32(55,56)57;1-3-7-23(8-4-1)25-11-15-27(16-12-25)29-19-21-31(34-29)33-32-22-20-30(35-32)28-17-13-26(14-18-28)24-9-5-2-6-10-24/h1-12H;11-24H,1-10H2/q-1;+1. The Bertz CT molecular complexity index is 3330. The maximum atomic E-state index is 14.2. The molecule has 2 aliphatic rings. The van der Waals surface area contributed by atoms with Crippen LogP contribution in [0.1, 0.15) is 132 Å². The summed E-state index contributed by atoms with van der Waals surface area (Å²) in [6.07, 6.45) is -41.2. The van der Waals surface area contributed by atoms with E-state index in [0.29, 0.717) is 0 Å². The van der Waals surface area contributed by atoms with Gasteiger partial charge in [0.05, 0.1) is 44.5 Å². The number of furan rings is 2. The van der Waals surface area contributed by atoms with Crippen molar-refractivity contribution >= 4 is 28.0 Å². The first-order valence-corrected chi connectivity index (χ1v) is 30.1. The normalized spacial score (nSPS) is 15.6. The van der Waals surface area contributed by atoms with E-state index in [9.17, 15) is 105 Å². The second-order valence-corrected chi connectivity index (χ2v) is 25.1. The summed E-state index contributed by atoms with van der Waals surface area (Å²) in [4.78, 5) is 0. The smallest absolute Gasteiger partial charge is 0.418 e. The molecule has 2 saturated carbocycles. The van der Waals surface area contributed by atoms with E-state index in [0.717, 1.165) is 42.0 Å². The fraction of sp³-hybridized carbons (Fsp3) is 0.312. The second-order valence-electron chi connectivity index (χ2n) is 22.4. The van der Waals surface area contributed by atoms with Gasteiger partial charge in [-0.25, -0.2) is 0 Å². The van der Waals surface area contributed by atoms with Gasteiger partial charge in [0.1, 0.15) is 17.7 Å². The molecule has 0 amide bonds. The Kier molecular flexibility index (Phi) is 19.4. The highest BCUT2D eigenvalue weighted by Crippen LogP contribution is 2.43. The van der Waals surface area contributed by atoms with Crippen LogP contribution in [0.15, 0.2) is 154 Å². The maximum Gasteiger partial charge on any atom is 0.443 e. The van der Waals surface area contributed by atoms with Gasteiger partial charge in [-0.1, -0.05) is 136 Å². The first kappa shape index (κ1) is 69.3. The van der Waals surface area contributed by atoms with Gasteiger partial charge in [0.15, 0.2) is 0 Å². The quantitative estimate of drug-likeness (QED) is 0.0775. The van der Waals surface area contributed by atoms with Crippen molar-refractivity contribution in [1.29, 1.82) is 0 Å². The molecule has 0 unspecified atom stereocenters. The molecule has 10 rings (SSSR count). The summed E-state index contributed by atoms with van der Waals surface area (Å²) in [5, 5.41) is 0. The summed E-state index contributed by atoms with van der Waals surface area (Å²) in [7, 11) is 0. The number of halogens is 25. The predicted octanol–water partition coefficient (Wildman–Crippen LogP) is 17.6. The van der Waals surface area contributed by atoms with E-state index in [1.807, 2.05) is 0 Å². The largest absolute Gasteiger partial charge is 0.443 e. The van der Waals surface area contributed by atoms with E-state index >= 15 is 0 Å². The third-order valence-corrected chi connectivity index (χ3v) is 18.5. The molecule has 0 bridgehead atoms. The van der Waals surface area contributed by atoms with Gasteiger partial charge >= 0.3 is 78.1 Å². The molecule has 92 heavy (non-hydrogen) atoms. The van der Waals surface area contributed by atoms with Crippen LogP contribution in [-0.4, -0.2) is 6.15 Å². The molecule has 0 N–H and O–H groups in total. The molecule has 0 atom stereocenters. The van der Waals surface area contributed by atoms with Gasteiger partial charge in [-0.05, 0) is 85.0 Å². The van der Waals surface area contributed by atoms with Crippen molar-refractivity contribution in [2.24, 2.45) is 0 Å². The van der Waals surface area contributed by atoms with E-state index in [1.165, 1.54) is 75.3 Å². The lowest BCUT2D eigenvalue weighted by Crippen LogP contribution is -3.61. The summed E-state index contributed by atoms with van der Waals surface area (Å²) in [6, 6.07) is 17.8. The zero-order valence-electron chi connectivity index (χ0n) is 46.9. The summed E-state index contributed by atoms with van der Waals surface area (Å²) in [5.74, 6) is 3.40. The topological polar surface area (TPSA) is 26.3 Å². The molecule has 0 aliphatic heterocycles. The van der Waals surface area contributed by atoms with Gasteiger partial charge in [0.2, 0.25) is 0 Å². The minimum Gasteiger partial charge on any atom is -0.418 e. The molecular weight excluding hydrogens is 1390 g/mol. The summed E-state index contributed by atoms with van der Waals surface area (Å²) in [6.45, 7) is 0. The van der Waals surface area contributed by atoms with Crippen molar-refractivity contribution in [3.05, 3.63) is 209 Å². The van der Waals surface area contributed by atoms with E-state index in [-0.39, 0.29) is 0 Å². The molecule has 2 aromatic heterocycles. The molecular formula is C64H46BF24IO2. The zero-order chi connectivity index (χ0) is 67.4. The lowest BCUT2D eigenvalue weighted by atomic mass is 9.12. The fourth-order valence-electron chi connectivity index (χ4n) is 11.9. The molecule has 2 heterocycles. The van der Waals surface area contributed by atoms with Crippen molar-refractivity contribution < 1.29 is 135 Å². The van der Waals surface area contributed by atoms with Crippen LogP contribution in [0.5, 0.6) is 0 Å². The Hall–Kier alpha value is -7.01. The molecule has 28 heteroatoms. The second kappa shape index (κ2) is 25.7. The van der Waals surface area contributed by atoms with Crippen molar-refractivity contribution in [3.63, 3.8) is 0 Å². The van der Waals surface area contributed by atoms with Crippen LogP contribution >= 0.6 is 0 Å². The first-order valence-electron chi connectivity index (χ1n) is 28.0. The van der Waals surface area contributed by atoms with E-state index in [4.69, 9.17) is 8.83 Å². The van der Waals surface area contributed by atoms with E-state index in [1.54, 1.807) is 0 Å². The van der Waals surface area contributed by atoms with Crippen LogP contribution in [0, 0.1) is 7.53 Å². The number of hydrogen-bond acceptors (Lipinski definition) is 2. The van der Waals surface area contributed by atoms with Crippen LogP contribution in [0.2, 0.25) is 0 Å². The molecule has 2 fully saturated rings. The highest BCUT2D eigenvalue weighted by molar-refractivity contribution is 7.20. The molecule has 2 aliphatic carbocycles. The van der Waals surface area contributed by atoms with E-state index in [2.05, 4.69) is 72.8 Å². The van der Waals surface area contributed by atoms with Crippen molar-refractivity contribution in [3.8, 4) is 22.6 Å². The highest BCUT2D eigenvalue weighted by Gasteiger charge is 2.47. The van der Waals surface area contributed by atoms with Crippen LogP contribution in [0.4, 0.5) is 105 Å². The van der Waals surface area contributed by atoms with Crippen LogP contribution < -0.4 is 43.1 Å². The average molecular weight is 1440 g/mol. The minimum absolute atomic E-state index is 0.481. The van der Waals surface area contributed by atoms with Gasteiger partial charge in [0, 0.05) is 23.3 Å². The van der Waals surface area contributed by atoms with Crippen LogP contribution in [0.25, 0.3) is 22.6 Å². The summed E-state index contributed by atoms with van der Waals surface area (Å²) in [5.41, 5.74) is -24.9. The van der Waals surface area contributed by atoms with Crippen LogP contribution in [0.3, 0.4) is 0 Å². The Labute approximate surface area is 518 Å². The average Bonchev–Trinajstić information content (AvgIpc) is 0.824. The van der Waals surface area contributed by atoms with E-state index < -0.39 is 216 Å². The van der Waals surface area contributed by atoms with Crippen LogP contribution in [-0.2, 0) is 49.4 Å². The summed E-state index contributed by atoms with van der Waals surface area (Å²) < 4.78 is 355. The van der Waals surface area contributed by atoms with Crippen molar-refractivity contribution in [2.45, 2.75) is 125 Å². The van der Waals surface area contributed by atoms with Gasteiger partial charge in [-0.3, -0.25) is 0 Å². The summed E-state index contributed by atoms with van der Waals surface area (Å²) >= 11 is -0.481. The molecule has 8 aromatic rings. The third-order valence-electron chi connectivity index (χ3n) is 16.3. The molecule has 2 nitrogen and oxygen atoms in total. The molecule has 0 spiro atoms. The van der Waals surface area contributed by atoms with Gasteiger partial charge < -0.3 is 8.83 Å². The lowest BCUT2D eigenvalue weighted by molar-refractivity contribution is -0.635.